The van der Waals surface area contributed by atoms with Gasteiger partial charge in [-0.25, -0.2) is 13.8 Å². The van der Waals surface area contributed by atoms with E-state index in [4.69, 9.17) is 4.74 Å². The number of aromatic nitrogens is 1. The Morgan fingerprint density at radius 1 is 1.09 bits per heavy atom. The second-order valence-electron chi connectivity index (χ2n) is 7.91. The zero-order chi connectivity index (χ0) is 24.7. The van der Waals surface area contributed by atoms with Crippen molar-refractivity contribution < 1.29 is 28.2 Å². The molecule has 0 fully saturated rings. The first-order valence-electron chi connectivity index (χ1n) is 10.6. The largest absolute Gasteiger partial charge is 0.503 e. The monoisotopic (exact) mass is 492 g/mol. The molecule has 1 amide bonds. The Hall–Kier alpha value is -4.11. The van der Waals surface area contributed by atoms with E-state index in [0.29, 0.717) is 27.1 Å². The van der Waals surface area contributed by atoms with Gasteiger partial charge in [-0.15, -0.1) is 0 Å². The van der Waals surface area contributed by atoms with Crippen LogP contribution in [0.3, 0.4) is 0 Å². The lowest BCUT2D eigenvalue weighted by Crippen LogP contribution is -2.31. The third-order valence-corrected chi connectivity index (χ3v) is 6.80. The van der Waals surface area contributed by atoms with Crippen LogP contribution < -0.4 is 9.64 Å². The number of nitrogens with zero attached hydrogens (tertiary/aromatic N) is 2. The first-order valence-corrected chi connectivity index (χ1v) is 11.4. The molecule has 35 heavy (non-hydrogen) atoms. The van der Waals surface area contributed by atoms with Gasteiger partial charge < -0.3 is 9.84 Å². The first kappa shape index (κ1) is 22.7. The summed E-state index contributed by atoms with van der Waals surface area (Å²) in [5.74, 6) is -2.47. The second-order valence-corrected chi connectivity index (χ2v) is 8.92. The Bertz CT molecular complexity index is 1500. The first-order chi connectivity index (χ1) is 16.9. The minimum atomic E-state index is -1.05. The minimum absolute atomic E-state index is 0.127. The lowest BCUT2D eigenvalue weighted by Gasteiger charge is -2.24. The number of hydrogen-bond acceptors (Lipinski definition) is 6. The standard InChI is InChI=1S/C26H18F2N2O4S/c1-34-20-5-3-2-4-15(20)12-19(31)22-23(14-6-8-16(27)9-7-14)30(25(33)24(22)32)26-29-18-11-10-17(28)13-21(18)35-26/h2-11,13,23,32H,12H2,1H3. The molecule has 3 aromatic carbocycles. The van der Waals surface area contributed by atoms with E-state index < -0.39 is 35.1 Å². The molecular formula is C26H18F2N2O4S. The van der Waals surface area contributed by atoms with Crippen LogP contribution in [0.2, 0.25) is 0 Å². The van der Waals surface area contributed by atoms with Gasteiger partial charge in [0.2, 0.25) is 0 Å². The molecule has 0 saturated heterocycles. The number of amides is 1. The maximum absolute atomic E-state index is 13.7. The van der Waals surface area contributed by atoms with Crippen LogP contribution in [-0.4, -0.2) is 28.9 Å². The fourth-order valence-electron chi connectivity index (χ4n) is 4.15. The number of carbonyl (C=O) groups is 2. The number of rotatable bonds is 6. The number of halogens is 2. The molecular weight excluding hydrogens is 474 g/mol. The lowest BCUT2D eigenvalue weighted by atomic mass is 9.93. The van der Waals surface area contributed by atoms with Crippen LogP contribution in [0.1, 0.15) is 17.2 Å². The van der Waals surface area contributed by atoms with Crippen molar-refractivity contribution in [2.45, 2.75) is 12.5 Å². The molecule has 1 aliphatic rings. The number of aliphatic hydroxyl groups is 1. The number of benzene rings is 3. The summed E-state index contributed by atoms with van der Waals surface area (Å²) in [7, 11) is 1.48. The highest BCUT2D eigenvalue weighted by molar-refractivity contribution is 7.22. The van der Waals surface area contributed by atoms with Crippen molar-refractivity contribution in [3.63, 3.8) is 0 Å². The predicted octanol–water partition coefficient (Wildman–Crippen LogP) is 5.29. The Morgan fingerprint density at radius 2 is 1.80 bits per heavy atom. The van der Waals surface area contributed by atoms with Crippen molar-refractivity contribution in [1.82, 2.24) is 4.98 Å². The normalized spacial score (nSPS) is 15.8. The molecule has 1 unspecified atom stereocenters. The maximum Gasteiger partial charge on any atom is 0.296 e. The van der Waals surface area contributed by atoms with Crippen molar-refractivity contribution in [1.29, 1.82) is 0 Å². The van der Waals surface area contributed by atoms with Gasteiger partial charge in [0.1, 0.15) is 17.4 Å². The molecule has 4 aromatic rings. The van der Waals surface area contributed by atoms with Crippen molar-refractivity contribution in [3.8, 4) is 5.75 Å². The highest BCUT2D eigenvalue weighted by atomic mass is 32.1. The van der Waals surface area contributed by atoms with Crippen LogP contribution in [0.4, 0.5) is 13.9 Å². The van der Waals surface area contributed by atoms with Gasteiger partial charge in [-0.3, -0.25) is 14.5 Å². The summed E-state index contributed by atoms with van der Waals surface area (Å²) in [4.78, 5) is 32.4. The molecule has 0 radical (unpaired) electrons. The summed E-state index contributed by atoms with van der Waals surface area (Å²) < 4.78 is 33.2. The van der Waals surface area contributed by atoms with Crippen LogP contribution in [0, 0.1) is 11.6 Å². The zero-order valence-corrected chi connectivity index (χ0v) is 19.2. The number of aliphatic hydroxyl groups excluding tert-OH is 1. The highest BCUT2D eigenvalue weighted by Crippen LogP contribution is 2.44. The van der Waals surface area contributed by atoms with Gasteiger partial charge in [0.25, 0.3) is 5.91 Å². The van der Waals surface area contributed by atoms with Gasteiger partial charge in [0.05, 0.1) is 28.9 Å². The van der Waals surface area contributed by atoms with E-state index in [1.807, 2.05) is 0 Å². The average Bonchev–Trinajstić information content (AvgIpc) is 3.37. The smallest absolute Gasteiger partial charge is 0.296 e. The highest BCUT2D eigenvalue weighted by Gasteiger charge is 2.45. The third kappa shape index (κ3) is 4.04. The number of methoxy groups -OCH3 is 1. The number of para-hydroxylation sites is 1. The fourth-order valence-corrected chi connectivity index (χ4v) is 5.17. The van der Waals surface area contributed by atoms with Crippen molar-refractivity contribution in [2.24, 2.45) is 0 Å². The number of thiazole rings is 1. The topological polar surface area (TPSA) is 79.7 Å². The van der Waals surface area contributed by atoms with Gasteiger partial charge in [-0.1, -0.05) is 41.7 Å². The Kier molecular flexibility index (Phi) is 5.78. The van der Waals surface area contributed by atoms with Gasteiger partial charge in [0.15, 0.2) is 16.7 Å². The molecule has 0 spiro atoms. The molecule has 1 atom stereocenters. The van der Waals surface area contributed by atoms with Crippen LogP contribution in [-0.2, 0) is 16.0 Å². The van der Waals surface area contributed by atoms with E-state index in [-0.39, 0.29) is 17.1 Å². The van der Waals surface area contributed by atoms with Gasteiger partial charge in [-0.2, -0.15) is 0 Å². The van der Waals surface area contributed by atoms with Crippen molar-refractivity contribution >= 4 is 38.4 Å². The summed E-state index contributed by atoms with van der Waals surface area (Å²) in [5, 5.41) is 11.0. The molecule has 0 bridgehead atoms. The summed E-state index contributed by atoms with van der Waals surface area (Å²) in [6.45, 7) is 0. The Morgan fingerprint density at radius 3 is 2.54 bits per heavy atom. The minimum Gasteiger partial charge on any atom is -0.503 e. The average molecular weight is 493 g/mol. The quantitative estimate of drug-likeness (QED) is 0.395. The van der Waals surface area contributed by atoms with Gasteiger partial charge in [0, 0.05) is 12.0 Å². The number of ether oxygens (including phenoxy) is 1. The third-order valence-electron chi connectivity index (χ3n) is 5.78. The van der Waals surface area contributed by atoms with Gasteiger partial charge in [-0.05, 0) is 42.0 Å². The van der Waals surface area contributed by atoms with E-state index in [1.54, 1.807) is 24.3 Å². The van der Waals surface area contributed by atoms with E-state index >= 15 is 0 Å². The molecule has 6 nitrogen and oxygen atoms in total. The fraction of sp³-hybridized carbons (Fsp3) is 0.115. The molecule has 9 heteroatoms. The number of ketones is 1. The van der Waals surface area contributed by atoms with Crippen LogP contribution >= 0.6 is 11.3 Å². The van der Waals surface area contributed by atoms with Gasteiger partial charge >= 0.3 is 0 Å². The summed E-state index contributed by atoms with van der Waals surface area (Å²) in [5.41, 5.74) is 1.33. The predicted molar refractivity (Wildman–Crippen MR) is 128 cm³/mol. The summed E-state index contributed by atoms with van der Waals surface area (Å²) in [6.07, 6.45) is -0.132. The molecule has 176 valence electrons. The lowest BCUT2D eigenvalue weighted by molar-refractivity contribution is -0.117. The maximum atomic E-state index is 13.7. The van der Waals surface area contributed by atoms with Crippen molar-refractivity contribution in [3.05, 3.63) is 101 Å². The number of hydrogen-bond donors (Lipinski definition) is 1. The van der Waals surface area contributed by atoms with Crippen LogP contribution in [0.5, 0.6) is 5.75 Å². The number of Topliss-reactive ketones (excluding diaryl/α,β-unsaturated/α-hetero) is 1. The molecule has 1 N–H and O–H groups in total. The molecule has 2 heterocycles. The SMILES string of the molecule is COc1ccccc1CC(=O)C1=C(O)C(=O)N(c2nc3ccc(F)cc3s2)C1c1ccc(F)cc1. The second kappa shape index (κ2) is 8.92. The zero-order valence-electron chi connectivity index (χ0n) is 18.4. The number of anilines is 1. The molecule has 1 aromatic heterocycles. The molecule has 0 saturated carbocycles. The summed E-state index contributed by atoms with van der Waals surface area (Å²) >= 11 is 1.05. The Labute approximate surface area is 202 Å². The van der Waals surface area contributed by atoms with E-state index in [0.717, 1.165) is 11.3 Å². The van der Waals surface area contributed by atoms with E-state index in [1.165, 1.54) is 54.5 Å². The van der Waals surface area contributed by atoms with Crippen molar-refractivity contribution in [2.75, 3.05) is 12.0 Å². The molecule has 5 rings (SSSR count). The van der Waals surface area contributed by atoms with Crippen LogP contribution in [0.15, 0.2) is 78.1 Å². The Balaban J connectivity index is 1.61. The molecule has 1 aliphatic heterocycles. The number of fused-ring (bicyclic) bond motifs is 1. The molecule has 0 aliphatic carbocycles. The van der Waals surface area contributed by atoms with E-state index in [9.17, 15) is 23.5 Å². The van der Waals surface area contributed by atoms with E-state index in [2.05, 4.69) is 4.98 Å². The number of carbonyl (C=O) groups excluding carboxylic acids is 2. The summed E-state index contributed by atoms with van der Waals surface area (Å²) in [6, 6.07) is 15.3. The van der Waals surface area contributed by atoms with Crippen LogP contribution in [0.25, 0.3) is 10.2 Å².